The Labute approximate surface area is 135 Å². The third-order valence-electron chi connectivity index (χ3n) is 3.77. The van der Waals surface area contributed by atoms with E-state index in [0.717, 1.165) is 15.8 Å². The molecule has 3 aromatic rings. The van der Waals surface area contributed by atoms with E-state index >= 15 is 0 Å². The first-order valence-electron chi connectivity index (χ1n) is 7.19. The molecule has 0 spiro atoms. The van der Waals surface area contributed by atoms with E-state index in [1.54, 1.807) is 0 Å². The van der Waals surface area contributed by atoms with Crippen LogP contribution in [0.4, 0.5) is 10.5 Å². The number of nitrogens with zero attached hydrogens (tertiary/aromatic N) is 2. The minimum absolute atomic E-state index is 0.156. The minimum atomic E-state index is -0.623. The third-order valence-corrected chi connectivity index (χ3v) is 3.77. The van der Waals surface area contributed by atoms with Crippen LogP contribution in [0.25, 0.3) is 10.9 Å². The van der Waals surface area contributed by atoms with E-state index in [4.69, 9.17) is 0 Å². The Morgan fingerprint density at radius 3 is 2.75 bits per heavy atom. The molecule has 3 rings (SSSR count). The van der Waals surface area contributed by atoms with E-state index in [1.807, 2.05) is 31.2 Å². The summed E-state index contributed by atoms with van der Waals surface area (Å²) in [5, 5.41) is 16.3. The van der Waals surface area contributed by atoms with Gasteiger partial charge >= 0.3 is 6.03 Å². The van der Waals surface area contributed by atoms with Gasteiger partial charge in [0.15, 0.2) is 0 Å². The molecule has 1 heterocycles. The van der Waals surface area contributed by atoms with Crippen LogP contribution in [0.3, 0.4) is 0 Å². The van der Waals surface area contributed by atoms with Crippen molar-refractivity contribution < 1.29 is 9.72 Å². The number of carbonyl (C=O) groups is 1. The molecule has 8 nitrogen and oxygen atoms in total. The lowest BCUT2D eigenvalue weighted by Crippen LogP contribution is -2.35. The molecule has 1 aromatic heterocycles. The maximum Gasteiger partial charge on any atom is 0.343 e. The highest BCUT2D eigenvalue weighted by Gasteiger charge is 2.15. The molecule has 1 amide bonds. The Kier molecular flexibility index (Phi) is 3.87. The van der Waals surface area contributed by atoms with Crippen molar-refractivity contribution in [3.8, 4) is 0 Å². The number of aromatic nitrogens is 2. The van der Waals surface area contributed by atoms with Gasteiger partial charge in [-0.3, -0.25) is 20.0 Å². The standard InChI is InChI=1S/C16H14N4O4/c1-10-4-2-3-5-11(10)9-17-16(22)19-15(21)13-7-6-12(20(23)24)8-14(13)18-19/h2-8,18H,9H2,1H3,(H,17,22). The van der Waals surface area contributed by atoms with E-state index in [-0.39, 0.29) is 23.1 Å². The van der Waals surface area contributed by atoms with Gasteiger partial charge in [-0.2, -0.15) is 4.68 Å². The minimum Gasteiger partial charge on any atom is -0.332 e. The van der Waals surface area contributed by atoms with Crippen LogP contribution in [0.15, 0.2) is 47.3 Å². The number of carbonyl (C=O) groups excluding carboxylic acids is 1. The van der Waals surface area contributed by atoms with E-state index < -0.39 is 16.5 Å². The predicted octanol–water partition coefficient (Wildman–Crippen LogP) is 2.30. The Hall–Kier alpha value is -3.42. The van der Waals surface area contributed by atoms with Gasteiger partial charge in [0.25, 0.3) is 11.2 Å². The summed E-state index contributed by atoms with van der Waals surface area (Å²) in [5.74, 6) is 0. The number of benzene rings is 2. The summed E-state index contributed by atoms with van der Waals surface area (Å²) in [6.07, 6.45) is 0. The summed E-state index contributed by atoms with van der Waals surface area (Å²) >= 11 is 0. The molecular weight excluding hydrogens is 312 g/mol. The molecule has 0 unspecified atom stereocenters. The van der Waals surface area contributed by atoms with E-state index in [2.05, 4.69) is 10.4 Å². The van der Waals surface area contributed by atoms with Crippen molar-refractivity contribution in [2.24, 2.45) is 0 Å². The molecule has 0 bridgehead atoms. The number of fused-ring (bicyclic) bond motifs is 1. The molecule has 8 heteroatoms. The molecule has 2 N–H and O–H groups in total. The second-order valence-corrected chi connectivity index (χ2v) is 5.32. The monoisotopic (exact) mass is 326 g/mol. The fourth-order valence-electron chi connectivity index (χ4n) is 2.42. The average molecular weight is 326 g/mol. The number of aromatic amines is 1. The van der Waals surface area contributed by atoms with Gasteiger partial charge in [-0.05, 0) is 24.1 Å². The van der Waals surface area contributed by atoms with Gasteiger partial charge in [0.1, 0.15) is 0 Å². The molecule has 0 atom stereocenters. The third kappa shape index (κ3) is 2.76. The summed E-state index contributed by atoms with van der Waals surface area (Å²) in [6, 6.07) is 10.7. The van der Waals surface area contributed by atoms with Gasteiger partial charge in [0.05, 0.1) is 15.8 Å². The van der Waals surface area contributed by atoms with Gasteiger partial charge in [0.2, 0.25) is 0 Å². The van der Waals surface area contributed by atoms with Gasteiger partial charge in [-0.25, -0.2) is 4.79 Å². The molecule has 24 heavy (non-hydrogen) atoms. The molecule has 0 saturated carbocycles. The predicted molar refractivity (Wildman–Crippen MR) is 88.0 cm³/mol. The lowest BCUT2D eigenvalue weighted by molar-refractivity contribution is -0.384. The maximum atomic E-state index is 12.2. The van der Waals surface area contributed by atoms with Crippen molar-refractivity contribution in [2.45, 2.75) is 13.5 Å². The second kappa shape index (κ2) is 5.99. The highest BCUT2D eigenvalue weighted by Crippen LogP contribution is 2.16. The molecule has 0 radical (unpaired) electrons. The van der Waals surface area contributed by atoms with E-state index in [1.165, 1.54) is 18.2 Å². The largest absolute Gasteiger partial charge is 0.343 e. The lowest BCUT2D eigenvalue weighted by Gasteiger charge is -2.07. The van der Waals surface area contributed by atoms with Crippen LogP contribution < -0.4 is 10.9 Å². The topological polar surface area (TPSA) is 110 Å². The second-order valence-electron chi connectivity index (χ2n) is 5.32. The number of amides is 1. The van der Waals surface area contributed by atoms with Crippen molar-refractivity contribution >= 4 is 22.6 Å². The summed E-state index contributed by atoms with van der Waals surface area (Å²) in [7, 11) is 0. The lowest BCUT2D eigenvalue weighted by atomic mass is 10.1. The zero-order chi connectivity index (χ0) is 17.3. The van der Waals surface area contributed by atoms with E-state index in [0.29, 0.717) is 0 Å². The zero-order valence-electron chi connectivity index (χ0n) is 12.8. The van der Waals surface area contributed by atoms with Crippen LogP contribution in [-0.2, 0) is 6.54 Å². The summed E-state index contributed by atoms with van der Waals surface area (Å²) in [5.41, 5.74) is 1.49. The average Bonchev–Trinajstić information content (AvgIpc) is 2.90. The highest BCUT2D eigenvalue weighted by atomic mass is 16.6. The molecular formula is C16H14N4O4. The summed E-state index contributed by atoms with van der Waals surface area (Å²) in [6.45, 7) is 2.20. The first kappa shape index (κ1) is 15.5. The van der Waals surface area contributed by atoms with Crippen LogP contribution in [0.1, 0.15) is 11.1 Å². The van der Waals surface area contributed by atoms with E-state index in [9.17, 15) is 19.7 Å². The molecule has 0 aliphatic heterocycles. The molecule has 0 aliphatic rings. The van der Waals surface area contributed by atoms with Crippen LogP contribution in [0.5, 0.6) is 0 Å². The van der Waals surface area contributed by atoms with Gasteiger partial charge in [0, 0.05) is 18.7 Å². The van der Waals surface area contributed by atoms with Crippen LogP contribution >= 0.6 is 0 Å². The van der Waals surface area contributed by atoms with Crippen LogP contribution in [0.2, 0.25) is 0 Å². The van der Waals surface area contributed by atoms with Crippen LogP contribution in [-0.4, -0.2) is 20.7 Å². The van der Waals surface area contributed by atoms with Gasteiger partial charge in [-0.15, -0.1) is 0 Å². The number of H-pyrrole nitrogens is 1. The first-order valence-corrected chi connectivity index (χ1v) is 7.19. The number of rotatable bonds is 3. The number of nitro benzene ring substituents is 1. The number of nitrogens with one attached hydrogen (secondary N) is 2. The molecule has 2 aromatic carbocycles. The normalized spacial score (nSPS) is 10.7. The molecule has 0 saturated heterocycles. The van der Waals surface area contributed by atoms with Crippen molar-refractivity contribution in [2.75, 3.05) is 0 Å². The molecule has 0 aliphatic carbocycles. The van der Waals surface area contributed by atoms with Crippen LogP contribution in [0, 0.1) is 17.0 Å². The quantitative estimate of drug-likeness (QED) is 0.568. The number of nitro groups is 1. The Morgan fingerprint density at radius 2 is 2.04 bits per heavy atom. The number of hydrogen-bond acceptors (Lipinski definition) is 4. The SMILES string of the molecule is Cc1ccccc1CNC(=O)n1[nH]c2cc([N+](=O)[O-])ccc2c1=O. The van der Waals surface area contributed by atoms with Crippen molar-refractivity contribution in [1.82, 2.24) is 15.1 Å². The maximum absolute atomic E-state index is 12.2. The number of hydrogen-bond donors (Lipinski definition) is 2. The molecule has 122 valence electrons. The summed E-state index contributed by atoms with van der Waals surface area (Å²) < 4.78 is 0.812. The van der Waals surface area contributed by atoms with Crippen molar-refractivity contribution in [1.29, 1.82) is 0 Å². The fraction of sp³-hybridized carbons (Fsp3) is 0.125. The smallest absolute Gasteiger partial charge is 0.332 e. The summed E-state index contributed by atoms with van der Waals surface area (Å²) in [4.78, 5) is 34.7. The van der Waals surface area contributed by atoms with Crippen molar-refractivity contribution in [3.63, 3.8) is 0 Å². The number of non-ortho nitro benzene ring substituents is 1. The van der Waals surface area contributed by atoms with Gasteiger partial charge in [-0.1, -0.05) is 24.3 Å². The fourth-order valence-corrected chi connectivity index (χ4v) is 2.42. The Morgan fingerprint density at radius 1 is 1.29 bits per heavy atom. The Balaban J connectivity index is 1.87. The first-order chi connectivity index (χ1) is 11.5. The highest BCUT2D eigenvalue weighted by molar-refractivity contribution is 5.85. The molecule has 0 fully saturated rings. The zero-order valence-corrected chi connectivity index (χ0v) is 12.8. The van der Waals surface area contributed by atoms with Gasteiger partial charge < -0.3 is 5.32 Å². The van der Waals surface area contributed by atoms with Crippen molar-refractivity contribution in [3.05, 3.63) is 74.1 Å². The Bertz CT molecular complexity index is 1000. The number of aryl methyl sites for hydroxylation is 1.